The fraction of sp³-hybridized carbons (Fsp3) is 0.412. The highest BCUT2D eigenvalue weighted by molar-refractivity contribution is 7.89. The van der Waals surface area contributed by atoms with Crippen LogP contribution in [0, 0.1) is 18.3 Å². The smallest absolute Gasteiger partial charge is 0.240 e. The quantitative estimate of drug-likeness (QED) is 0.871. The molecular weight excluding hydrogens is 324 g/mol. The standard InChI is InChI=1S/C17H20N4O2S/c1-13-12-19-17(21(13)15-3-2-4-15)9-10-20-24(22,23)16-7-5-14(11-18)6-8-16/h5-8,12,15,20H,2-4,9-10H2,1H3. The number of aromatic nitrogens is 2. The van der Waals surface area contributed by atoms with Crippen LogP contribution >= 0.6 is 0 Å². The molecule has 0 amide bonds. The highest BCUT2D eigenvalue weighted by Gasteiger charge is 2.23. The van der Waals surface area contributed by atoms with Gasteiger partial charge in [-0.15, -0.1) is 0 Å². The van der Waals surface area contributed by atoms with Gasteiger partial charge in [0, 0.05) is 30.9 Å². The van der Waals surface area contributed by atoms with Crippen LogP contribution in [-0.4, -0.2) is 24.5 Å². The lowest BCUT2D eigenvalue weighted by atomic mass is 9.92. The Morgan fingerprint density at radius 3 is 2.62 bits per heavy atom. The fourth-order valence-electron chi connectivity index (χ4n) is 2.91. The molecule has 1 aromatic heterocycles. The van der Waals surface area contributed by atoms with Crippen molar-refractivity contribution in [3.05, 3.63) is 47.5 Å². The summed E-state index contributed by atoms with van der Waals surface area (Å²) >= 11 is 0. The van der Waals surface area contributed by atoms with E-state index in [2.05, 4.69) is 14.3 Å². The van der Waals surface area contributed by atoms with E-state index in [1.54, 1.807) is 0 Å². The number of sulfonamides is 1. The lowest BCUT2D eigenvalue weighted by Gasteiger charge is -2.29. The molecule has 1 aromatic carbocycles. The van der Waals surface area contributed by atoms with Gasteiger partial charge in [0.25, 0.3) is 0 Å². The largest absolute Gasteiger partial charge is 0.329 e. The van der Waals surface area contributed by atoms with E-state index in [0.29, 0.717) is 24.6 Å². The van der Waals surface area contributed by atoms with Gasteiger partial charge in [0.05, 0.1) is 16.5 Å². The number of hydrogen-bond acceptors (Lipinski definition) is 4. The molecule has 0 bridgehead atoms. The lowest BCUT2D eigenvalue weighted by Crippen LogP contribution is -2.28. The lowest BCUT2D eigenvalue weighted by molar-refractivity contribution is 0.302. The molecule has 1 aliphatic carbocycles. The van der Waals surface area contributed by atoms with Crippen molar-refractivity contribution in [1.82, 2.24) is 14.3 Å². The average Bonchev–Trinajstić information content (AvgIpc) is 2.87. The normalized spacial score (nSPS) is 15.0. The number of nitrogens with zero attached hydrogens (tertiary/aromatic N) is 3. The van der Waals surface area contributed by atoms with E-state index in [1.165, 1.54) is 43.5 Å². The van der Waals surface area contributed by atoms with Crippen molar-refractivity contribution in [2.75, 3.05) is 6.54 Å². The van der Waals surface area contributed by atoms with Crippen molar-refractivity contribution in [3.63, 3.8) is 0 Å². The van der Waals surface area contributed by atoms with Crippen LogP contribution in [0.3, 0.4) is 0 Å². The van der Waals surface area contributed by atoms with Gasteiger partial charge in [-0.3, -0.25) is 0 Å². The van der Waals surface area contributed by atoms with Gasteiger partial charge in [0.1, 0.15) is 5.82 Å². The van der Waals surface area contributed by atoms with Crippen LogP contribution in [0.15, 0.2) is 35.4 Å². The third-order valence-electron chi connectivity index (χ3n) is 4.43. The SMILES string of the molecule is Cc1cnc(CCNS(=O)(=O)c2ccc(C#N)cc2)n1C1CCC1. The third kappa shape index (κ3) is 3.35. The molecule has 2 aromatic rings. The van der Waals surface area contributed by atoms with Crippen molar-refractivity contribution in [1.29, 1.82) is 5.26 Å². The molecule has 0 saturated heterocycles. The molecule has 1 heterocycles. The van der Waals surface area contributed by atoms with Gasteiger partial charge in [0.2, 0.25) is 10.0 Å². The summed E-state index contributed by atoms with van der Waals surface area (Å²) < 4.78 is 29.4. The zero-order chi connectivity index (χ0) is 17.2. The fourth-order valence-corrected chi connectivity index (χ4v) is 3.95. The van der Waals surface area contributed by atoms with E-state index >= 15 is 0 Å². The van der Waals surface area contributed by atoms with Crippen molar-refractivity contribution < 1.29 is 8.42 Å². The maximum absolute atomic E-state index is 12.3. The maximum Gasteiger partial charge on any atom is 0.240 e. The molecule has 1 saturated carbocycles. The first-order chi connectivity index (χ1) is 11.5. The molecule has 3 rings (SSSR count). The Morgan fingerprint density at radius 1 is 1.33 bits per heavy atom. The number of rotatable bonds is 6. The zero-order valence-electron chi connectivity index (χ0n) is 13.6. The molecule has 0 aliphatic heterocycles. The molecule has 24 heavy (non-hydrogen) atoms. The molecule has 1 N–H and O–H groups in total. The summed E-state index contributed by atoms with van der Waals surface area (Å²) in [5, 5.41) is 8.77. The molecule has 0 unspecified atom stereocenters. The van der Waals surface area contributed by atoms with Crippen LogP contribution in [0.4, 0.5) is 0 Å². The molecule has 6 nitrogen and oxygen atoms in total. The number of benzene rings is 1. The molecule has 126 valence electrons. The van der Waals surface area contributed by atoms with Crippen LogP contribution in [0.25, 0.3) is 0 Å². The van der Waals surface area contributed by atoms with Crippen molar-refractivity contribution in [2.45, 2.75) is 43.5 Å². The van der Waals surface area contributed by atoms with Crippen LogP contribution in [0.5, 0.6) is 0 Å². The molecule has 7 heteroatoms. The first kappa shape index (κ1) is 16.7. The predicted octanol–water partition coefficient (Wildman–Crippen LogP) is 2.31. The van der Waals surface area contributed by atoms with Gasteiger partial charge in [-0.05, 0) is 50.5 Å². The number of nitrogens with one attached hydrogen (secondary N) is 1. The van der Waals surface area contributed by atoms with Crippen molar-refractivity contribution >= 4 is 10.0 Å². The Morgan fingerprint density at radius 2 is 2.04 bits per heavy atom. The Labute approximate surface area is 142 Å². The summed E-state index contributed by atoms with van der Waals surface area (Å²) in [4.78, 5) is 4.59. The number of imidazole rings is 1. The Bertz CT molecular complexity index is 859. The topological polar surface area (TPSA) is 87.8 Å². The summed E-state index contributed by atoms with van der Waals surface area (Å²) in [6.07, 6.45) is 5.98. The van der Waals surface area contributed by atoms with Crippen LogP contribution in [-0.2, 0) is 16.4 Å². The first-order valence-electron chi connectivity index (χ1n) is 8.04. The molecular formula is C17H20N4O2S. The second kappa shape index (κ2) is 6.75. The molecule has 0 radical (unpaired) electrons. The molecule has 1 aliphatic rings. The predicted molar refractivity (Wildman–Crippen MR) is 89.9 cm³/mol. The highest BCUT2D eigenvalue weighted by atomic mass is 32.2. The van der Waals surface area contributed by atoms with Gasteiger partial charge < -0.3 is 4.57 Å². The Balaban J connectivity index is 1.64. The van der Waals surface area contributed by atoms with Gasteiger partial charge in [-0.1, -0.05) is 0 Å². The number of nitriles is 1. The van der Waals surface area contributed by atoms with Crippen molar-refractivity contribution in [2.24, 2.45) is 0 Å². The van der Waals surface area contributed by atoms with Crippen LogP contribution < -0.4 is 4.72 Å². The van der Waals surface area contributed by atoms with E-state index in [-0.39, 0.29) is 4.90 Å². The molecule has 1 fully saturated rings. The third-order valence-corrected chi connectivity index (χ3v) is 5.91. The summed E-state index contributed by atoms with van der Waals surface area (Å²) in [5.74, 6) is 0.930. The van der Waals surface area contributed by atoms with E-state index in [0.717, 1.165) is 11.5 Å². The Kier molecular flexibility index (Phi) is 4.69. The molecule has 0 atom stereocenters. The van der Waals surface area contributed by atoms with Gasteiger partial charge in [0.15, 0.2) is 0 Å². The molecule has 0 spiro atoms. The second-order valence-electron chi connectivity index (χ2n) is 6.05. The number of hydrogen-bond donors (Lipinski definition) is 1. The van der Waals surface area contributed by atoms with Crippen molar-refractivity contribution in [3.8, 4) is 6.07 Å². The minimum absolute atomic E-state index is 0.167. The number of aryl methyl sites for hydroxylation is 1. The minimum Gasteiger partial charge on any atom is -0.329 e. The van der Waals surface area contributed by atoms with E-state index < -0.39 is 10.0 Å². The maximum atomic E-state index is 12.3. The first-order valence-corrected chi connectivity index (χ1v) is 9.52. The van der Waals surface area contributed by atoms with Crippen LogP contribution in [0.2, 0.25) is 0 Å². The summed E-state index contributed by atoms with van der Waals surface area (Å²) in [7, 11) is -3.57. The van der Waals surface area contributed by atoms with E-state index in [1.807, 2.05) is 19.2 Å². The monoisotopic (exact) mass is 344 g/mol. The minimum atomic E-state index is -3.57. The zero-order valence-corrected chi connectivity index (χ0v) is 14.4. The van der Waals surface area contributed by atoms with E-state index in [4.69, 9.17) is 5.26 Å². The Hall–Kier alpha value is -2.17. The van der Waals surface area contributed by atoms with Gasteiger partial charge in [-0.25, -0.2) is 18.1 Å². The summed E-state index contributed by atoms with van der Waals surface area (Å²) in [6, 6.07) is 8.38. The van der Waals surface area contributed by atoms with Gasteiger partial charge in [-0.2, -0.15) is 5.26 Å². The van der Waals surface area contributed by atoms with E-state index in [9.17, 15) is 8.42 Å². The van der Waals surface area contributed by atoms with Crippen LogP contribution in [0.1, 0.15) is 42.4 Å². The highest BCUT2D eigenvalue weighted by Crippen LogP contribution is 2.33. The van der Waals surface area contributed by atoms with Gasteiger partial charge >= 0.3 is 0 Å². The summed E-state index contributed by atoms with van der Waals surface area (Å²) in [5.41, 5.74) is 1.57. The summed E-state index contributed by atoms with van der Waals surface area (Å²) in [6.45, 7) is 2.33. The second-order valence-corrected chi connectivity index (χ2v) is 7.82. The average molecular weight is 344 g/mol.